The summed E-state index contributed by atoms with van der Waals surface area (Å²) in [6.45, 7) is 0.953. The summed E-state index contributed by atoms with van der Waals surface area (Å²) >= 11 is 0. The van der Waals surface area contributed by atoms with Crippen molar-refractivity contribution in [2.45, 2.75) is 32.2 Å². The number of hydrogen-bond donors (Lipinski definition) is 1. The molecule has 8 heteroatoms. The van der Waals surface area contributed by atoms with E-state index < -0.39 is 24.5 Å². The number of rotatable bonds is 6. The molecule has 2 bridgehead atoms. The van der Waals surface area contributed by atoms with Gasteiger partial charge in [0.25, 0.3) is 5.91 Å². The number of imide groups is 1. The van der Waals surface area contributed by atoms with E-state index in [0.29, 0.717) is 11.4 Å². The van der Waals surface area contributed by atoms with Crippen LogP contribution in [-0.4, -0.2) is 48.3 Å². The van der Waals surface area contributed by atoms with Gasteiger partial charge in [0.05, 0.1) is 24.6 Å². The van der Waals surface area contributed by atoms with Crippen LogP contribution in [0.4, 0.5) is 5.69 Å². The average molecular weight is 400 g/mol. The minimum Gasteiger partial charge on any atom is -0.495 e. The van der Waals surface area contributed by atoms with Crippen LogP contribution in [-0.2, 0) is 23.9 Å². The highest BCUT2D eigenvalue weighted by atomic mass is 16.5. The fraction of sp³-hybridized carbons (Fsp3) is 0.524. The molecule has 154 valence electrons. The molecule has 3 fully saturated rings. The van der Waals surface area contributed by atoms with Crippen LogP contribution in [0.2, 0.25) is 0 Å². The van der Waals surface area contributed by atoms with Crippen LogP contribution in [0.3, 0.4) is 0 Å². The fourth-order valence-corrected chi connectivity index (χ4v) is 5.11. The van der Waals surface area contributed by atoms with Crippen molar-refractivity contribution in [1.82, 2.24) is 4.90 Å². The first kappa shape index (κ1) is 19.4. The third-order valence-electron chi connectivity index (χ3n) is 6.42. The Morgan fingerprint density at radius 2 is 1.76 bits per heavy atom. The molecular formula is C21H24N2O6. The lowest BCUT2D eigenvalue weighted by Gasteiger charge is -2.23. The van der Waals surface area contributed by atoms with Crippen LogP contribution in [0, 0.1) is 23.7 Å². The molecule has 0 aromatic heterocycles. The molecule has 2 aliphatic carbocycles. The zero-order chi connectivity index (χ0) is 20.7. The first-order chi connectivity index (χ1) is 13.9. The third-order valence-corrected chi connectivity index (χ3v) is 6.42. The SMILES string of the molecule is COc1ccccc1NC(=O)COC(=O)[C@H](C)N1C(=O)[C@@H]2[C@@H]3CC[C@@H](C3)[C@@H]2C1=O. The van der Waals surface area contributed by atoms with Crippen LogP contribution >= 0.6 is 0 Å². The zero-order valence-corrected chi connectivity index (χ0v) is 16.4. The molecule has 1 aromatic rings. The van der Waals surface area contributed by atoms with Gasteiger partial charge >= 0.3 is 5.97 Å². The standard InChI is InChI=1S/C21H24N2O6/c1-11(23-19(25)17-12-7-8-13(9-12)18(17)20(23)26)21(27)29-10-16(24)22-14-5-3-4-6-15(14)28-2/h3-6,11-13,17-18H,7-10H2,1-2H3,(H,22,24)/t11-,12-,13+,17-,18+/m0/s1. The maximum atomic E-state index is 12.8. The van der Waals surface area contributed by atoms with E-state index in [2.05, 4.69) is 5.32 Å². The molecule has 1 heterocycles. The summed E-state index contributed by atoms with van der Waals surface area (Å²) in [7, 11) is 1.48. The number of fused-ring (bicyclic) bond motifs is 5. The number of nitrogens with one attached hydrogen (secondary N) is 1. The van der Waals surface area contributed by atoms with Crippen molar-refractivity contribution in [3.05, 3.63) is 24.3 Å². The summed E-state index contributed by atoms with van der Waals surface area (Å²) in [6.07, 6.45) is 2.88. The van der Waals surface area contributed by atoms with Gasteiger partial charge in [-0.15, -0.1) is 0 Å². The number of para-hydroxylation sites is 2. The van der Waals surface area contributed by atoms with E-state index in [1.807, 2.05) is 0 Å². The predicted molar refractivity (Wildman–Crippen MR) is 102 cm³/mol. The summed E-state index contributed by atoms with van der Waals surface area (Å²) in [5.74, 6) is -1.43. The van der Waals surface area contributed by atoms with Crippen LogP contribution in [0.25, 0.3) is 0 Å². The number of benzene rings is 1. The zero-order valence-electron chi connectivity index (χ0n) is 16.4. The first-order valence-corrected chi connectivity index (χ1v) is 9.88. The van der Waals surface area contributed by atoms with Crippen molar-refractivity contribution in [3.63, 3.8) is 0 Å². The molecule has 0 radical (unpaired) electrons. The molecule has 1 N–H and O–H groups in total. The number of likely N-dealkylation sites (tertiary alicyclic amines) is 1. The second kappa shape index (κ2) is 7.50. The largest absolute Gasteiger partial charge is 0.495 e. The van der Waals surface area contributed by atoms with Gasteiger partial charge in [0.1, 0.15) is 11.8 Å². The number of carbonyl (C=O) groups excluding carboxylic acids is 4. The first-order valence-electron chi connectivity index (χ1n) is 9.88. The van der Waals surface area contributed by atoms with E-state index in [9.17, 15) is 19.2 Å². The molecular weight excluding hydrogens is 376 g/mol. The average Bonchev–Trinajstić information content (AvgIpc) is 3.40. The Kier molecular flexibility index (Phi) is 5.02. The van der Waals surface area contributed by atoms with E-state index in [1.54, 1.807) is 24.3 Å². The minimum atomic E-state index is -1.04. The Bertz CT molecular complexity index is 840. The maximum absolute atomic E-state index is 12.8. The molecule has 2 saturated carbocycles. The minimum absolute atomic E-state index is 0.251. The maximum Gasteiger partial charge on any atom is 0.329 e. The number of carbonyl (C=O) groups is 4. The predicted octanol–water partition coefficient (Wildman–Crippen LogP) is 1.60. The Labute approximate surface area is 168 Å². The Morgan fingerprint density at radius 1 is 1.14 bits per heavy atom. The normalized spacial score (nSPS) is 28.3. The summed E-state index contributed by atoms with van der Waals surface area (Å²) in [5, 5.41) is 2.61. The van der Waals surface area contributed by atoms with Crippen LogP contribution in [0.15, 0.2) is 24.3 Å². The number of methoxy groups -OCH3 is 1. The molecule has 4 rings (SSSR count). The van der Waals surface area contributed by atoms with Crippen molar-refractivity contribution in [2.75, 3.05) is 19.0 Å². The smallest absolute Gasteiger partial charge is 0.329 e. The molecule has 5 atom stereocenters. The fourth-order valence-electron chi connectivity index (χ4n) is 5.11. The Balaban J connectivity index is 1.35. The Hall–Kier alpha value is -2.90. The van der Waals surface area contributed by atoms with Gasteiger partial charge in [0, 0.05) is 0 Å². The molecule has 1 aliphatic heterocycles. The van der Waals surface area contributed by atoms with Crippen molar-refractivity contribution >= 4 is 29.4 Å². The summed E-state index contributed by atoms with van der Waals surface area (Å²) in [6, 6.07) is 5.82. The summed E-state index contributed by atoms with van der Waals surface area (Å²) < 4.78 is 10.2. The second-order valence-electron chi connectivity index (χ2n) is 7.96. The highest BCUT2D eigenvalue weighted by molar-refractivity contribution is 6.08. The van der Waals surface area contributed by atoms with Gasteiger partial charge < -0.3 is 14.8 Å². The van der Waals surface area contributed by atoms with E-state index in [4.69, 9.17) is 9.47 Å². The topological polar surface area (TPSA) is 102 Å². The summed E-state index contributed by atoms with van der Waals surface area (Å²) in [5.41, 5.74) is 0.456. The van der Waals surface area contributed by atoms with E-state index >= 15 is 0 Å². The van der Waals surface area contributed by atoms with Gasteiger partial charge in [-0.2, -0.15) is 0 Å². The third kappa shape index (κ3) is 3.26. The molecule has 0 unspecified atom stereocenters. The van der Waals surface area contributed by atoms with Gasteiger partial charge in [-0.3, -0.25) is 19.3 Å². The van der Waals surface area contributed by atoms with Crippen molar-refractivity contribution in [1.29, 1.82) is 0 Å². The number of anilines is 1. The van der Waals surface area contributed by atoms with E-state index in [0.717, 1.165) is 24.2 Å². The Morgan fingerprint density at radius 3 is 2.38 bits per heavy atom. The number of nitrogens with zero attached hydrogens (tertiary/aromatic N) is 1. The van der Waals surface area contributed by atoms with Gasteiger partial charge in [0.15, 0.2) is 6.61 Å². The van der Waals surface area contributed by atoms with Gasteiger partial charge in [0.2, 0.25) is 11.8 Å². The lowest BCUT2D eigenvalue weighted by atomic mass is 9.81. The number of amides is 3. The van der Waals surface area contributed by atoms with E-state index in [-0.39, 0.29) is 35.5 Å². The lowest BCUT2D eigenvalue weighted by molar-refractivity contribution is -0.159. The lowest BCUT2D eigenvalue weighted by Crippen LogP contribution is -2.45. The molecule has 3 amide bonds. The number of esters is 1. The monoisotopic (exact) mass is 400 g/mol. The highest BCUT2D eigenvalue weighted by Crippen LogP contribution is 2.56. The molecule has 8 nitrogen and oxygen atoms in total. The van der Waals surface area contributed by atoms with Gasteiger partial charge in [-0.05, 0) is 50.2 Å². The number of hydrogen-bond acceptors (Lipinski definition) is 6. The van der Waals surface area contributed by atoms with Gasteiger partial charge in [-0.1, -0.05) is 12.1 Å². The van der Waals surface area contributed by atoms with Gasteiger partial charge in [-0.25, -0.2) is 4.79 Å². The molecule has 29 heavy (non-hydrogen) atoms. The van der Waals surface area contributed by atoms with Crippen LogP contribution < -0.4 is 10.1 Å². The summed E-state index contributed by atoms with van der Waals surface area (Å²) in [4.78, 5) is 51.2. The second-order valence-corrected chi connectivity index (χ2v) is 7.96. The van der Waals surface area contributed by atoms with Crippen LogP contribution in [0.1, 0.15) is 26.2 Å². The molecule has 1 saturated heterocycles. The highest BCUT2D eigenvalue weighted by Gasteiger charge is 2.62. The van der Waals surface area contributed by atoms with Crippen molar-refractivity contribution in [2.24, 2.45) is 23.7 Å². The molecule has 3 aliphatic rings. The quantitative estimate of drug-likeness (QED) is 0.575. The van der Waals surface area contributed by atoms with Crippen molar-refractivity contribution in [3.8, 4) is 5.75 Å². The van der Waals surface area contributed by atoms with Crippen molar-refractivity contribution < 1.29 is 28.7 Å². The number of ether oxygens (including phenoxy) is 2. The van der Waals surface area contributed by atoms with E-state index in [1.165, 1.54) is 14.0 Å². The molecule has 1 aromatic carbocycles. The van der Waals surface area contributed by atoms with Crippen LogP contribution in [0.5, 0.6) is 5.75 Å². The molecule has 0 spiro atoms.